The summed E-state index contributed by atoms with van der Waals surface area (Å²) in [6.45, 7) is 3.82. The van der Waals surface area contributed by atoms with Crippen LogP contribution >= 0.6 is 0 Å². The van der Waals surface area contributed by atoms with Crippen molar-refractivity contribution in [2.45, 2.75) is 46.0 Å². The second-order valence-electron chi connectivity index (χ2n) is 5.09. The molecule has 4 nitrogen and oxygen atoms in total. The van der Waals surface area contributed by atoms with Crippen molar-refractivity contribution in [3.8, 4) is 24.3 Å². The van der Waals surface area contributed by atoms with Crippen molar-refractivity contribution in [1.82, 2.24) is 0 Å². The highest BCUT2D eigenvalue weighted by atomic mass is 14.8. The Kier molecular flexibility index (Phi) is 3.65. The van der Waals surface area contributed by atoms with E-state index >= 15 is 0 Å². The van der Waals surface area contributed by atoms with Gasteiger partial charge in [0, 0.05) is 5.41 Å². The molecular weight excluding hydrogens is 224 g/mol. The van der Waals surface area contributed by atoms with Crippen LogP contribution in [0, 0.1) is 61.6 Å². The van der Waals surface area contributed by atoms with Gasteiger partial charge in [-0.1, -0.05) is 39.5 Å². The summed E-state index contributed by atoms with van der Waals surface area (Å²) in [7, 11) is 0. The van der Waals surface area contributed by atoms with Crippen molar-refractivity contribution in [3.05, 3.63) is 0 Å². The van der Waals surface area contributed by atoms with E-state index in [-0.39, 0.29) is 0 Å². The number of rotatable bonds is 5. The Bertz CT molecular complexity index is 426. The molecule has 0 radical (unpaired) electrons. The summed E-state index contributed by atoms with van der Waals surface area (Å²) in [6, 6.07) is 7.68. The summed E-state index contributed by atoms with van der Waals surface area (Å²) in [5, 5.41) is 36.9. The van der Waals surface area contributed by atoms with Gasteiger partial charge in [0.15, 0.2) is 10.8 Å². The predicted molar refractivity (Wildman–Crippen MR) is 64.2 cm³/mol. The lowest BCUT2D eigenvalue weighted by atomic mass is 9.90. The number of nitrogens with zero attached hydrogens (tertiary/aromatic N) is 4. The summed E-state index contributed by atoms with van der Waals surface area (Å²) in [4.78, 5) is 0. The Balaban J connectivity index is 2.96. The zero-order valence-electron chi connectivity index (χ0n) is 10.8. The molecule has 1 aliphatic carbocycles. The fraction of sp³-hybridized carbons (Fsp3) is 0.714. The second kappa shape index (κ2) is 4.68. The van der Waals surface area contributed by atoms with Crippen LogP contribution in [-0.4, -0.2) is 0 Å². The Morgan fingerprint density at radius 2 is 1.22 bits per heavy atom. The molecule has 0 spiro atoms. The Morgan fingerprint density at radius 1 is 0.778 bits per heavy atom. The Labute approximate surface area is 108 Å². The van der Waals surface area contributed by atoms with Crippen LogP contribution in [0.3, 0.4) is 0 Å². The van der Waals surface area contributed by atoms with Crippen LogP contribution in [0.4, 0.5) is 0 Å². The second-order valence-corrected chi connectivity index (χ2v) is 5.09. The highest BCUT2D eigenvalue weighted by Crippen LogP contribution is 2.79. The van der Waals surface area contributed by atoms with Crippen LogP contribution < -0.4 is 0 Å². The van der Waals surface area contributed by atoms with E-state index in [9.17, 15) is 21.0 Å². The third kappa shape index (κ3) is 1.33. The molecule has 18 heavy (non-hydrogen) atoms. The van der Waals surface area contributed by atoms with Crippen LogP contribution in [0.1, 0.15) is 46.0 Å². The third-order valence-electron chi connectivity index (χ3n) is 4.36. The summed E-state index contributed by atoms with van der Waals surface area (Å²) in [5.41, 5.74) is -3.74. The molecular formula is C14H16N4. The molecule has 1 fully saturated rings. The molecule has 0 aromatic heterocycles. The van der Waals surface area contributed by atoms with Crippen LogP contribution in [0.2, 0.25) is 0 Å². The lowest BCUT2D eigenvalue weighted by Gasteiger charge is -2.10. The van der Waals surface area contributed by atoms with Crippen LogP contribution in [0.15, 0.2) is 0 Å². The van der Waals surface area contributed by atoms with Gasteiger partial charge in [-0.2, -0.15) is 21.0 Å². The monoisotopic (exact) mass is 240 g/mol. The summed E-state index contributed by atoms with van der Waals surface area (Å²) in [6.07, 6.45) is 4.62. The molecule has 0 aromatic carbocycles. The molecule has 0 N–H and O–H groups in total. The van der Waals surface area contributed by atoms with Gasteiger partial charge in [-0.25, -0.2) is 0 Å². The first-order valence-electron chi connectivity index (χ1n) is 6.21. The van der Waals surface area contributed by atoms with Crippen LogP contribution in [-0.2, 0) is 0 Å². The maximum Gasteiger partial charge on any atom is 0.183 e. The first kappa shape index (κ1) is 14.0. The molecule has 0 unspecified atom stereocenters. The van der Waals surface area contributed by atoms with Gasteiger partial charge in [0.1, 0.15) is 0 Å². The zero-order valence-corrected chi connectivity index (χ0v) is 10.8. The van der Waals surface area contributed by atoms with E-state index < -0.39 is 16.2 Å². The van der Waals surface area contributed by atoms with Gasteiger partial charge in [0.25, 0.3) is 0 Å². The lowest BCUT2D eigenvalue weighted by Crippen LogP contribution is -2.07. The standard InChI is InChI=1S/C14H16N4/c1-3-4-5-6-7-12(2)13(8-15,9-16)14(12,10-17)11-18/h3-7H2,1-2H3. The van der Waals surface area contributed by atoms with Gasteiger partial charge in [-0.3, -0.25) is 0 Å². The maximum absolute atomic E-state index is 9.22. The van der Waals surface area contributed by atoms with Crippen molar-refractivity contribution >= 4 is 0 Å². The van der Waals surface area contributed by atoms with Gasteiger partial charge < -0.3 is 0 Å². The average Bonchev–Trinajstić information content (AvgIpc) is 2.88. The minimum atomic E-state index is -1.46. The minimum absolute atomic E-state index is 0.579. The van der Waals surface area contributed by atoms with Gasteiger partial charge in [0.2, 0.25) is 0 Å². The summed E-state index contributed by atoms with van der Waals surface area (Å²) >= 11 is 0. The molecule has 0 aliphatic heterocycles. The predicted octanol–water partition coefficient (Wildman–Crippen LogP) is 3.04. The number of unbranched alkanes of at least 4 members (excludes halogenated alkanes) is 3. The molecule has 1 rings (SSSR count). The van der Waals surface area contributed by atoms with E-state index in [1.807, 2.05) is 24.3 Å². The molecule has 0 bridgehead atoms. The summed E-state index contributed by atoms with van der Waals surface area (Å²) < 4.78 is 0. The molecule has 0 saturated heterocycles. The quantitative estimate of drug-likeness (QED) is 0.690. The molecule has 1 saturated carbocycles. The van der Waals surface area contributed by atoms with E-state index in [0.29, 0.717) is 6.42 Å². The lowest BCUT2D eigenvalue weighted by molar-refractivity contribution is 0.405. The van der Waals surface area contributed by atoms with E-state index in [0.717, 1.165) is 25.7 Å². The first-order valence-corrected chi connectivity index (χ1v) is 6.21. The molecule has 0 amide bonds. The van der Waals surface area contributed by atoms with Crippen molar-refractivity contribution in [1.29, 1.82) is 21.0 Å². The van der Waals surface area contributed by atoms with E-state index in [2.05, 4.69) is 6.92 Å². The Hall–Kier alpha value is -2.04. The van der Waals surface area contributed by atoms with Gasteiger partial charge >= 0.3 is 0 Å². The fourth-order valence-corrected chi connectivity index (χ4v) is 2.94. The molecule has 0 aromatic rings. The van der Waals surface area contributed by atoms with Crippen molar-refractivity contribution in [3.63, 3.8) is 0 Å². The molecule has 1 aliphatic rings. The van der Waals surface area contributed by atoms with Gasteiger partial charge in [-0.05, 0) is 6.42 Å². The highest BCUT2D eigenvalue weighted by molar-refractivity contribution is 5.55. The molecule has 0 heterocycles. The fourth-order valence-electron chi connectivity index (χ4n) is 2.94. The largest absolute Gasteiger partial charge is 0.196 e. The van der Waals surface area contributed by atoms with E-state index in [1.54, 1.807) is 6.92 Å². The first-order chi connectivity index (χ1) is 8.55. The van der Waals surface area contributed by atoms with Gasteiger partial charge in [-0.15, -0.1) is 0 Å². The number of hydrogen-bond acceptors (Lipinski definition) is 4. The maximum atomic E-state index is 9.22. The average molecular weight is 240 g/mol. The highest BCUT2D eigenvalue weighted by Gasteiger charge is 2.88. The third-order valence-corrected chi connectivity index (χ3v) is 4.36. The summed E-state index contributed by atoms with van der Waals surface area (Å²) in [5.74, 6) is 0. The Morgan fingerprint density at radius 3 is 1.56 bits per heavy atom. The zero-order chi connectivity index (χ0) is 13.9. The van der Waals surface area contributed by atoms with Crippen molar-refractivity contribution in [2.75, 3.05) is 0 Å². The molecule has 4 heteroatoms. The normalized spacial score (nSPS) is 20.8. The minimum Gasteiger partial charge on any atom is -0.196 e. The van der Waals surface area contributed by atoms with E-state index in [1.165, 1.54) is 0 Å². The van der Waals surface area contributed by atoms with Crippen LogP contribution in [0.5, 0.6) is 0 Å². The van der Waals surface area contributed by atoms with Gasteiger partial charge in [0.05, 0.1) is 24.3 Å². The topological polar surface area (TPSA) is 95.2 Å². The number of nitriles is 4. The SMILES string of the molecule is CCCCCCC1(C)C(C#N)(C#N)C1(C#N)C#N. The smallest absolute Gasteiger partial charge is 0.183 e. The van der Waals surface area contributed by atoms with Crippen molar-refractivity contribution < 1.29 is 0 Å². The van der Waals surface area contributed by atoms with Crippen LogP contribution in [0.25, 0.3) is 0 Å². The van der Waals surface area contributed by atoms with Crippen molar-refractivity contribution in [2.24, 2.45) is 16.2 Å². The number of hydrogen-bond donors (Lipinski definition) is 0. The molecule has 0 atom stereocenters. The molecule has 92 valence electrons. The van der Waals surface area contributed by atoms with E-state index in [4.69, 9.17) is 0 Å².